The van der Waals surface area contributed by atoms with Crippen LogP contribution in [0.25, 0.3) is 6.08 Å². The van der Waals surface area contributed by atoms with Gasteiger partial charge in [-0.1, -0.05) is 49.9 Å². The molecule has 1 amide bonds. The number of carbonyl (C=O) groups excluding carboxylic acids is 2. The molecule has 7 heteroatoms. The summed E-state index contributed by atoms with van der Waals surface area (Å²) in [5.41, 5.74) is 0.406. The first-order valence-corrected chi connectivity index (χ1v) is 10.8. The number of carboxylic acids is 1. The number of rotatable bonds is 8. The molecule has 5 nitrogen and oxygen atoms in total. The molecular formula is C23H23INNaO4. The van der Waals surface area contributed by atoms with Crippen LogP contribution in [0.2, 0.25) is 0 Å². The molecule has 3 rings (SSSR count). The third-order valence-electron chi connectivity index (χ3n) is 5.00. The molecule has 0 saturated heterocycles. The zero-order chi connectivity index (χ0) is 20.6. The van der Waals surface area contributed by atoms with Gasteiger partial charge in [-0.3, -0.25) is 4.79 Å². The third-order valence-corrected chi connectivity index (χ3v) is 5.90. The van der Waals surface area contributed by atoms with E-state index < -0.39 is 5.97 Å². The molecule has 2 aromatic rings. The summed E-state index contributed by atoms with van der Waals surface area (Å²) in [6.07, 6.45) is 7.30. The second kappa shape index (κ2) is 12.5. The number of amides is 1. The Hall–Kier alpha value is -1.35. The Morgan fingerprint density at radius 3 is 2.40 bits per heavy atom. The molecule has 30 heavy (non-hydrogen) atoms. The van der Waals surface area contributed by atoms with E-state index in [1.54, 1.807) is 24.3 Å². The van der Waals surface area contributed by atoms with Gasteiger partial charge in [0.15, 0.2) is 0 Å². The number of benzene rings is 2. The van der Waals surface area contributed by atoms with Gasteiger partial charge in [-0.15, -0.1) is 0 Å². The molecule has 152 valence electrons. The van der Waals surface area contributed by atoms with Crippen LogP contribution in [-0.4, -0.2) is 11.9 Å². The van der Waals surface area contributed by atoms with E-state index in [-0.39, 0.29) is 41.2 Å². The van der Waals surface area contributed by atoms with E-state index in [1.807, 2.05) is 24.3 Å². The van der Waals surface area contributed by atoms with E-state index in [0.29, 0.717) is 23.7 Å². The normalized spacial score (nSPS) is 14.1. The summed E-state index contributed by atoms with van der Waals surface area (Å²) in [6, 6.07) is 14.6. The van der Waals surface area contributed by atoms with Gasteiger partial charge in [0.05, 0.1) is 15.2 Å². The summed E-state index contributed by atoms with van der Waals surface area (Å²) >= 11 is 2.20. The smallest absolute Gasteiger partial charge is 0.543 e. The first kappa shape index (κ1) is 24.9. The molecule has 0 atom stereocenters. The maximum Gasteiger partial charge on any atom is 1.00 e. The molecule has 1 saturated carbocycles. The summed E-state index contributed by atoms with van der Waals surface area (Å²) in [7, 11) is 0. The van der Waals surface area contributed by atoms with Gasteiger partial charge in [0, 0.05) is 6.42 Å². The molecule has 1 N–H and O–H groups in total. The molecule has 2 aromatic carbocycles. The Bertz CT molecular complexity index is 892. The molecule has 1 fully saturated rings. The number of halogens is 1. The van der Waals surface area contributed by atoms with Crippen LogP contribution < -0.4 is 44.7 Å². The van der Waals surface area contributed by atoms with Crippen LogP contribution in [0, 0.1) is 9.49 Å². The van der Waals surface area contributed by atoms with Crippen LogP contribution >= 0.6 is 22.6 Å². The van der Waals surface area contributed by atoms with Crippen molar-refractivity contribution in [3.05, 3.63) is 63.4 Å². The van der Waals surface area contributed by atoms with Gasteiger partial charge in [0.25, 0.3) is 0 Å². The van der Waals surface area contributed by atoms with Crippen LogP contribution in [0.3, 0.4) is 0 Å². The largest absolute Gasteiger partial charge is 1.00 e. The number of hydrogen-bond donors (Lipinski definition) is 1. The zero-order valence-electron chi connectivity index (χ0n) is 17.0. The number of nitrogens with one attached hydrogen (secondary N) is 1. The van der Waals surface area contributed by atoms with Crippen molar-refractivity contribution in [2.45, 2.75) is 38.5 Å². The summed E-state index contributed by atoms with van der Waals surface area (Å²) in [5, 5.41) is 13.9. The van der Waals surface area contributed by atoms with E-state index in [2.05, 4.69) is 27.9 Å². The summed E-state index contributed by atoms with van der Waals surface area (Å²) in [4.78, 5) is 23.6. The molecule has 0 spiro atoms. The Morgan fingerprint density at radius 2 is 1.77 bits per heavy atom. The number of para-hydroxylation sites is 1. The number of carboxylic acid groups (broad SMARTS) is 1. The van der Waals surface area contributed by atoms with Crippen LogP contribution in [-0.2, 0) is 9.59 Å². The van der Waals surface area contributed by atoms with Crippen molar-refractivity contribution in [2.75, 3.05) is 0 Å². The van der Waals surface area contributed by atoms with E-state index in [4.69, 9.17) is 4.74 Å². The van der Waals surface area contributed by atoms with Gasteiger partial charge in [0.2, 0.25) is 5.91 Å². The van der Waals surface area contributed by atoms with Gasteiger partial charge in [-0.05, 0) is 70.8 Å². The molecule has 0 unspecified atom stereocenters. The van der Waals surface area contributed by atoms with Crippen molar-refractivity contribution in [3.63, 3.8) is 0 Å². The molecule has 0 heterocycles. The quantitative estimate of drug-likeness (QED) is 0.319. The monoisotopic (exact) mass is 527 g/mol. The van der Waals surface area contributed by atoms with Crippen LogP contribution in [0.15, 0.2) is 54.2 Å². The van der Waals surface area contributed by atoms with Gasteiger partial charge in [-0.25, -0.2) is 0 Å². The number of aliphatic carboxylic acids is 1. The molecular weight excluding hydrogens is 504 g/mol. The third kappa shape index (κ3) is 7.72. The number of carbonyl (C=O) groups is 2. The van der Waals surface area contributed by atoms with E-state index in [9.17, 15) is 14.7 Å². The van der Waals surface area contributed by atoms with Gasteiger partial charge in [0.1, 0.15) is 11.5 Å². The SMILES string of the molecule is O=C(CCC1CCCC1)N/C(=C\c1ccc(Oc2ccccc2I)cc1)C(=O)[O-].[Na+]. The Labute approximate surface area is 212 Å². The average molecular weight is 527 g/mol. The van der Waals surface area contributed by atoms with E-state index in [0.717, 1.165) is 28.6 Å². The van der Waals surface area contributed by atoms with E-state index >= 15 is 0 Å². The fourth-order valence-corrected chi connectivity index (χ4v) is 3.94. The Balaban J connectivity index is 0.00000320. The Morgan fingerprint density at radius 1 is 1.10 bits per heavy atom. The minimum Gasteiger partial charge on any atom is -0.543 e. The molecule has 0 aromatic heterocycles. The van der Waals surface area contributed by atoms with Crippen molar-refractivity contribution in [3.8, 4) is 11.5 Å². The standard InChI is InChI=1S/C23H24INO4.Na/c24-19-7-3-4-8-21(19)29-18-12-9-17(10-13-18)15-20(23(27)28)25-22(26)14-11-16-5-1-2-6-16;/h3-4,7-10,12-13,15-16H,1-2,5-6,11,14H2,(H,25,26)(H,27,28);/q;+1/p-1/b20-15-;. The Kier molecular flexibility index (Phi) is 10.4. The zero-order valence-corrected chi connectivity index (χ0v) is 21.2. The second-order valence-corrected chi connectivity index (χ2v) is 8.35. The molecule has 0 radical (unpaired) electrons. The average Bonchev–Trinajstić information content (AvgIpc) is 3.23. The van der Waals surface area contributed by atoms with Crippen molar-refractivity contribution < 1.29 is 49.0 Å². The van der Waals surface area contributed by atoms with Crippen molar-refractivity contribution in [1.82, 2.24) is 5.32 Å². The van der Waals surface area contributed by atoms with E-state index in [1.165, 1.54) is 18.9 Å². The van der Waals surface area contributed by atoms with Gasteiger partial charge >= 0.3 is 29.6 Å². The van der Waals surface area contributed by atoms with Gasteiger partial charge < -0.3 is 20.0 Å². The topological polar surface area (TPSA) is 78.5 Å². The minimum atomic E-state index is -1.40. The van der Waals surface area contributed by atoms with Gasteiger partial charge in [-0.2, -0.15) is 0 Å². The summed E-state index contributed by atoms with van der Waals surface area (Å²) in [6.45, 7) is 0. The maximum atomic E-state index is 12.1. The number of hydrogen-bond acceptors (Lipinski definition) is 4. The van der Waals surface area contributed by atoms with Crippen LogP contribution in [0.4, 0.5) is 0 Å². The van der Waals surface area contributed by atoms with Crippen molar-refractivity contribution in [2.24, 2.45) is 5.92 Å². The molecule has 1 aliphatic carbocycles. The summed E-state index contributed by atoms with van der Waals surface area (Å²) in [5.74, 6) is 0.281. The number of ether oxygens (including phenoxy) is 1. The fraction of sp³-hybridized carbons (Fsp3) is 0.304. The van der Waals surface area contributed by atoms with Crippen LogP contribution in [0.5, 0.6) is 11.5 Å². The summed E-state index contributed by atoms with van der Waals surface area (Å²) < 4.78 is 6.83. The molecule has 1 aliphatic rings. The first-order chi connectivity index (χ1) is 14.0. The fourth-order valence-electron chi connectivity index (χ4n) is 3.45. The van der Waals surface area contributed by atoms with Crippen molar-refractivity contribution in [1.29, 1.82) is 0 Å². The predicted octanol–water partition coefficient (Wildman–Crippen LogP) is 1.26. The molecule has 0 aliphatic heterocycles. The first-order valence-electron chi connectivity index (χ1n) is 9.76. The van der Waals surface area contributed by atoms with Crippen LogP contribution in [0.1, 0.15) is 44.1 Å². The second-order valence-electron chi connectivity index (χ2n) is 7.18. The maximum absolute atomic E-state index is 12.1. The molecule has 0 bridgehead atoms. The van der Waals surface area contributed by atoms with Crippen molar-refractivity contribution >= 4 is 40.5 Å². The predicted molar refractivity (Wildman–Crippen MR) is 118 cm³/mol. The minimum absolute atomic E-state index is 0.